The molecule has 0 saturated carbocycles. The summed E-state index contributed by atoms with van der Waals surface area (Å²) in [6.07, 6.45) is 4.61. The van der Waals surface area contributed by atoms with Crippen LogP contribution in [-0.2, 0) is 4.79 Å². The molecule has 0 aliphatic carbocycles. The molecule has 0 radical (unpaired) electrons. The Morgan fingerprint density at radius 1 is 1.16 bits per heavy atom. The summed E-state index contributed by atoms with van der Waals surface area (Å²) < 4.78 is 13.8. The number of halogens is 1. The van der Waals surface area contributed by atoms with Crippen LogP contribution in [0.3, 0.4) is 0 Å². The van der Waals surface area contributed by atoms with E-state index in [-0.39, 0.29) is 17.5 Å². The molecule has 7 nitrogen and oxygen atoms in total. The number of hydrogen-bond donors (Lipinski definition) is 1. The maximum absolute atomic E-state index is 13.8. The van der Waals surface area contributed by atoms with E-state index < -0.39 is 11.7 Å². The van der Waals surface area contributed by atoms with E-state index in [1.807, 2.05) is 4.90 Å². The predicted molar refractivity (Wildman–Crippen MR) is 120 cm³/mol. The third-order valence-electron chi connectivity index (χ3n) is 6.51. The molecule has 1 N–H and O–H groups in total. The van der Waals surface area contributed by atoms with Crippen molar-refractivity contribution in [3.05, 3.63) is 53.4 Å². The molecular weight excluding hydrogens is 409 g/mol. The first kappa shape index (κ1) is 22.3. The Labute approximate surface area is 188 Å². The highest BCUT2D eigenvalue weighted by molar-refractivity contribution is 6.04. The van der Waals surface area contributed by atoms with Crippen LogP contribution >= 0.6 is 0 Å². The van der Waals surface area contributed by atoms with Crippen LogP contribution in [0.4, 0.5) is 10.1 Å². The second-order valence-corrected chi connectivity index (χ2v) is 8.95. The molecule has 1 aromatic carbocycles. The van der Waals surface area contributed by atoms with Crippen LogP contribution in [0.2, 0.25) is 0 Å². The molecule has 170 valence electrons. The van der Waals surface area contributed by atoms with Crippen LogP contribution in [0.1, 0.15) is 54.0 Å². The van der Waals surface area contributed by atoms with E-state index in [2.05, 4.69) is 27.1 Å². The summed E-state index contributed by atoms with van der Waals surface area (Å²) in [7, 11) is 0. The number of nitrogens with zero attached hydrogens (tertiary/aromatic N) is 4. The molecule has 3 heterocycles. The minimum atomic E-state index is -0.495. The molecule has 2 aromatic rings. The number of carbonyl (C=O) groups excluding carboxylic acids is 2. The number of hydrogen-bond acceptors (Lipinski definition) is 5. The van der Waals surface area contributed by atoms with Gasteiger partial charge in [0.15, 0.2) is 0 Å². The Hall–Kier alpha value is -2.87. The van der Waals surface area contributed by atoms with Gasteiger partial charge in [0.1, 0.15) is 11.6 Å². The molecule has 1 unspecified atom stereocenters. The molecule has 0 spiro atoms. The summed E-state index contributed by atoms with van der Waals surface area (Å²) in [5.74, 6) is 0.674. The van der Waals surface area contributed by atoms with E-state index in [4.69, 9.17) is 0 Å². The van der Waals surface area contributed by atoms with Crippen molar-refractivity contribution in [3.8, 4) is 0 Å². The van der Waals surface area contributed by atoms with Crippen LogP contribution < -0.4 is 5.32 Å². The van der Waals surface area contributed by atoms with E-state index in [1.165, 1.54) is 18.3 Å². The normalized spacial score (nSPS) is 19.8. The van der Waals surface area contributed by atoms with Crippen LogP contribution in [-0.4, -0.2) is 64.3 Å². The van der Waals surface area contributed by atoms with Gasteiger partial charge in [-0.3, -0.25) is 14.5 Å². The average Bonchev–Trinajstić information content (AvgIpc) is 3.27. The zero-order chi connectivity index (χ0) is 22.7. The minimum absolute atomic E-state index is 0.0581. The van der Waals surface area contributed by atoms with Crippen molar-refractivity contribution in [2.24, 2.45) is 5.92 Å². The maximum Gasteiger partial charge on any atom is 0.259 e. The highest BCUT2D eigenvalue weighted by Crippen LogP contribution is 2.26. The number of carbonyl (C=O) groups is 2. The number of para-hydroxylation sites is 1. The van der Waals surface area contributed by atoms with Gasteiger partial charge in [-0.2, -0.15) is 0 Å². The molecule has 2 aliphatic rings. The fourth-order valence-corrected chi connectivity index (χ4v) is 4.37. The smallest absolute Gasteiger partial charge is 0.259 e. The molecule has 2 saturated heterocycles. The van der Waals surface area contributed by atoms with Gasteiger partial charge in [0.05, 0.1) is 23.5 Å². The summed E-state index contributed by atoms with van der Waals surface area (Å²) in [6.45, 7) is 7.77. The van der Waals surface area contributed by atoms with E-state index in [1.54, 1.807) is 19.1 Å². The fraction of sp³-hybridized carbons (Fsp3) is 0.500. The van der Waals surface area contributed by atoms with E-state index in [0.717, 1.165) is 38.3 Å². The largest absolute Gasteiger partial charge is 0.341 e. The Morgan fingerprint density at radius 3 is 2.62 bits per heavy atom. The molecule has 0 bridgehead atoms. The summed E-state index contributed by atoms with van der Waals surface area (Å²) in [5, 5.41) is 2.57. The van der Waals surface area contributed by atoms with E-state index >= 15 is 0 Å². The number of aromatic nitrogens is 2. The van der Waals surface area contributed by atoms with E-state index in [9.17, 15) is 14.0 Å². The van der Waals surface area contributed by atoms with Crippen molar-refractivity contribution in [2.45, 2.75) is 39.0 Å². The Balaban J connectivity index is 1.35. The number of likely N-dealkylation sites (tertiary alicyclic amines) is 2. The standard InChI is InChI=1S/C24H30FN5O2/c1-16-7-10-29(11-8-16)15-22(31)30-12-9-18(14-30)23-26-13-19(17(2)27-23)24(32)28-21-6-4-3-5-20(21)25/h3-6,13,16,18H,7-12,14-15H2,1-2H3,(H,28,32). The lowest BCUT2D eigenvalue weighted by Crippen LogP contribution is -2.42. The van der Waals surface area contributed by atoms with Gasteiger partial charge in [-0.05, 0) is 57.3 Å². The van der Waals surface area contributed by atoms with Crippen LogP contribution in [0.25, 0.3) is 0 Å². The summed E-state index contributed by atoms with van der Waals surface area (Å²) in [4.78, 5) is 38.4. The number of anilines is 1. The highest BCUT2D eigenvalue weighted by Gasteiger charge is 2.31. The summed E-state index contributed by atoms with van der Waals surface area (Å²) >= 11 is 0. The molecule has 8 heteroatoms. The number of benzene rings is 1. The average molecular weight is 440 g/mol. The van der Waals surface area contributed by atoms with Crippen LogP contribution in [0, 0.1) is 18.7 Å². The third kappa shape index (κ3) is 5.12. The lowest BCUT2D eigenvalue weighted by atomic mass is 9.99. The molecular formula is C24H30FN5O2. The zero-order valence-electron chi connectivity index (χ0n) is 18.7. The first-order valence-electron chi connectivity index (χ1n) is 11.3. The van der Waals surface area contributed by atoms with E-state index in [0.29, 0.717) is 36.7 Å². The molecule has 2 amide bonds. The van der Waals surface area contributed by atoms with Crippen molar-refractivity contribution in [1.29, 1.82) is 0 Å². The van der Waals surface area contributed by atoms with Gasteiger partial charge in [-0.1, -0.05) is 19.1 Å². The Bertz CT molecular complexity index is 990. The lowest BCUT2D eigenvalue weighted by Gasteiger charge is -2.30. The molecule has 32 heavy (non-hydrogen) atoms. The first-order valence-corrected chi connectivity index (χ1v) is 11.3. The second kappa shape index (κ2) is 9.73. The van der Waals surface area contributed by atoms with Gasteiger partial charge in [0.25, 0.3) is 5.91 Å². The van der Waals surface area contributed by atoms with Crippen molar-refractivity contribution in [3.63, 3.8) is 0 Å². The van der Waals surface area contributed by atoms with Gasteiger partial charge in [-0.15, -0.1) is 0 Å². The minimum Gasteiger partial charge on any atom is -0.341 e. The Kier molecular flexibility index (Phi) is 6.79. The number of piperidine rings is 1. The predicted octanol–water partition coefficient (Wildman–Crippen LogP) is 3.22. The van der Waals surface area contributed by atoms with Gasteiger partial charge in [0, 0.05) is 25.2 Å². The third-order valence-corrected chi connectivity index (χ3v) is 6.51. The van der Waals surface area contributed by atoms with Crippen molar-refractivity contribution in [1.82, 2.24) is 19.8 Å². The van der Waals surface area contributed by atoms with Crippen molar-refractivity contribution < 1.29 is 14.0 Å². The van der Waals surface area contributed by atoms with Gasteiger partial charge in [-0.25, -0.2) is 14.4 Å². The molecule has 2 fully saturated rings. The molecule has 1 aromatic heterocycles. The maximum atomic E-state index is 13.8. The number of rotatable bonds is 5. The SMILES string of the molecule is Cc1nc(C2CCN(C(=O)CN3CCC(C)CC3)C2)ncc1C(=O)Nc1ccccc1F. The molecule has 1 atom stereocenters. The van der Waals surface area contributed by atoms with Gasteiger partial charge >= 0.3 is 0 Å². The second-order valence-electron chi connectivity index (χ2n) is 8.95. The summed E-state index contributed by atoms with van der Waals surface area (Å²) in [5.41, 5.74) is 0.965. The monoisotopic (exact) mass is 439 g/mol. The number of nitrogens with one attached hydrogen (secondary N) is 1. The van der Waals surface area contributed by atoms with Crippen molar-refractivity contribution in [2.75, 3.05) is 38.0 Å². The van der Waals surface area contributed by atoms with Gasteiger partial charge in [0.2, 0.25) is 5.91 Å². The molecule has 4 rings (SSSR count). The fourth-order valence-electron chi connectivity index (χ4n) is 4.37. The van der Waals surface area contributed by atoms with Crippen molar-refractivity contribution >= 4 is 17.5 Å². The highest BCUT2D eigenvalue weighted by atomic mass is 19.1. The molecule has 2 aliphatic heterocycles. The zero-order valence-corrected chi connectivity index (χ0v) is 18.7. The number of aryl methyl sites for hydroxylation is 1. The first-order chi connectivity index (χ1) is 15.4. The summed E-state index contributed by atoms with van der Waals surface area (Å²) in [6, 6.07) is 6.02. The lowest BCUT2D eigenvalue weighted by molar-refractivity contribution is -0.131. The number of amides is 2. The quantitative estimate of drug-likeness (QED) is 0.774. The van der Waals surface area contributed by atoms with Crippen LogP contribution in [0.5, 0.6) is 0 Å². The topological polar surface area (TPSA) is 78.4 Å². The van der Waals surface area contributed by atoms with Gasteiger partial charge < -0.3 is 10.2 Å². The Morgan fingerprint density at radius 2 is 1.91 bits per heavy atom. The van der Waals surface area contributed by atoms with Crippen LogP contribution in [0.15, 0.2) is 30.5 Å².